The van der Waals surface area contributed by atoms with Gasteiger partial charge in [-0.25, -0.2) is 0 Å². The number of nitrogens with one attached hydrogen (secondary N) is 1. The molecular formula is C15H29Cl2N3O2. The summed E-state index contributed by atoms with van der Waals surface area (Å²) in [5.74, 6) is 1.82. The molecule has 0 aromatic rings. The van der Waals surface area contributed by atoms with Crippen molar-refractivity contribution in [2.45, 2.75) is 19.3 Å². The second kappa shape index (κ2) is 9.93. The van der Waals surface area contributed by atoms with Crippen LogP contribution in [0, 0.1) is 11.8 Å². The molecule has 2 saturated heterocycles. The fraction of sp³-hybridized carbons (Fsp3) is 0.933. The lowest BCUT2D eigenvalue weighted by molar-refractivity contribution is -0.132. The van der Waals surface area contributed by atoms with E-state index in [1.54, 1.807) is 0 Å². The Hall–Kier alpha value is -0.0700. The summed E-state index contributed by atoms with van der Waals surface area (Å²) in [7, 11) is 0. The van der Waals surface area contributed by atoms with Gasteiger partial charge in [0.05, 0.1) is 13.2 Å². The van der Waals surface area contributed by atoms with Gasteiger partial charge in [0.2, 0.25) is 5.91 Å². The first-order valence-electron chi connectivity index (χ1n) is 8.10. The Kier molecular flexibility index (Phi) is 9.02. The number of ether oxygens (including phenoxy) is 1. The predicted molar refractivity (Wildman–Crippen MR) is 92.0 cm³/mol. The highest BCUT2D eigenvalue weighted by atomic mass is 35.5. The highest BCUT2D eigenvalue weighted by molar-refractivity contribution is 5.85. The Morgan fingerprint density at radius 2 is 1.77 bits per heavy atom. The number of piperazine rings is 1. The fourth-order valence-electron chi connectivity index (χ4n) is 3.09. The van der Waals surface area contributed by atoms with Crippen molar-refractivity contribution >= 4 is 30.7 Å². The first kappa shape index (κ1) is 20.0. The SMILES string of the molecule is Cl.Cl.O=C(CNCC1CC1)N1CCN(CC2CCOC2)CC1. The number of carbonyl (C=O) groups is 1. The molecule has 3 aliphatic rings. The van der Waals surface area contributed by atoms with Crippen LogP contribution in [0.15, 0.2) is 0 Å². The van der Waals surface area contributed by atoms with E-state index in [1.807, 2.05) is 4.90 Å². The van der Waals surface area contributed by atoms with Crippen molar-refractivity contribution in [3.63, 3.8) is 0 Å². The molecule has 7 heteroatoms. The predicted octanol–water partition coefficient (Wildman–Crippen LogP) is 1.01. The van der Waals surface area contributed by atoms with Gasteiger partial charge >= 0.3 is 0 Å². The second-order valence-corrected chi connectivity index (χ2v) is 6.49. The van der Waals surface area contributed by atoms with E-state index in [0.717, 1.165) is 58.4 Å². The lowest BCUT2D eigenvalue weighted by Crippen LogP contribution is -2.51. The third kappa shape index (κ3) is 6.20. The molecule has 2 heterocycles. The van der Waals surface area contributed by atoms with Gasteiger partial charge in [-0.2, -0.15) is 0 Å². The highest BCUT2D eigenvalue weighted by Crippen LogP contribution is 2.27. The average Bonchev–Trinajstić information content (AvgIpc) is 3.15. The van der Waals surface area contributed by atoms with Gasteiger partial charge in [-0.3, -0.25) is 9.69 Å². The summed E-state index contributed by atoms with van der Waals surface area (Å²) in [5, 5.41) is 3.29. The molecule has 1 unspecified atom stereocenters. The topological polar surface area (TPSA) is 44.8 Å². The Morgan fingerprint density at radius 3 is 2.36 bits per heavy atom. The van der Waals surface area contributed by atoms with Gasteiger partial charge in [-0.05, 0) is 37.6 Å². The van der Waals surface area contributed by atoms with Gasteiger partial charge in [-0.15, -0.1) is 24.8 Å². The van der Waals surface area contributed by atoms with E-state index in [0.29, 0.717) is 12.5 Å². The van der Waals surface area contributed by atoms with Gasteiger partial charge in [0.25, 0.3) is 0 Å². The van der Waals surface area contributed by atoms with Gasteiger partial charge in [0.1, 0.15) is 0 Å². The Morgan fingerprint density at radius 1 is 1.05 bits per heavy atom. The fourth-order valence-corrected chi connectivity index (χ4v) is 3.09. The first-order chi connectivity index (χ1) is 9.81. The molecule has 0 aromatic heterocycles. The zero-order valence-electron chi connectivity index (χ0n) is 13.2. The molecule has 1 amide bonds. The largest absolute Gasteiger partial charge is 0.381 e. The van der Waals surface area contributed by atoms with Crippen molar-refractivity contribution < 1.29 is 9.53 Å². The van der Waals surface area contributed by atoms with E-state index in [9.17, 15) is 4.79 Å². The van der Waals surface area contributed by atoms with Crippen LogP contribution in [0.1, 0.15) is 19.3 Å². The Labute approximate surface area is 145 Å². The molecule has 1 saturated carbocycles. The van der Waals surface area contributed by atoms with Crippen LogP contribution in [-0.4, -0.2) is 74.7 Å². The van der Waals surface area contributed by atoms with Crippen LogP contribution in [-0.2, 0) is 9.53 Å². The number of halogens is 2. The minimum atomic E-state index is 0. The molecular weight excluding hydrogens is 325 g/mol. The van der Waals surface area contributed by atoms with Crippen molar-refractivity contribution in [3.8, 4) is 0 Å². The van der Waals surface area contributed by atoms with Gasteiger partial charge in [-0.1, -0.05) is 0 Å². The van der Waals surface area contributed by atoms with E-state index in [-0.39, 0.29) is 30.7 Å². The molecule has 0 aromatic carbocycles. The lowest BCUT2D eigenvalue weighted by atomic mass is 10.1. The van der Waals surface area contributed by atoms with Crippen LogP contribution in [0.4, 0.5) is 0 Å². The molecule has 0 spiro atoms. The maximum absolute atomic E-state index is 12.1. The van der Waals surface area contributed by atoms with Crippen molar-refractivity contribution in [2.75, 3.05) is 59.0 Å². The number of rotatable bonds is 6. The van der Waals surface area contributed by atoms with Gasteiger partial charge in [0.15, 0.2) is 0 Å². The third-order valence-electron chi connectivity index (χ3n) is 4.67. The molecule has 130 valence electrons. The number of amides is 1. The maximum atomic E-state index is 12.1. The van der Waals surface area contributed by atoms with Crippen LogP contribution in [0.3, 0.4) is 0 Å². The van der Waals surface area contributed by atoms with Crippen LogP contribution in [0.2, 0.25) is 0 Å². The van der Waals surface area contributed by atoms with Crippen molar-refractivity contribution in [3.05, 3.63) is 0 Å². The second-order valence-electron chi connectivity index (χ2n) is 6.49. The third-order valence-corrected chi connectivity index (χ3v) is 4.67. The maximum Gasteiger partial charge on any atom is 0.236 e. The zero-order chi connectivity index (χ0) is 13.8. The number of hydrogen-bond acceptors (Lipinski definition) is 4. The lowest BCUT2D eigenvalue weighted by Gasteiger charge is -2.35. The number of nitrogens with zero attached hydrogens (tertiary/aromatic N) is 2. The molecule has 2 aliphatic heterocycles. The molecule has 3 fully saturated rings. The summed E-state index contributed by atoms with van der Waals surface area (Å²) < 4.78 is 5.43. The number of hydrogen-bond donors (Lipinski definition) is 1. The minimum Gasteiger partial charge on any atom is -0.381 e. The summed E-state index contributed by atoms with van der Waals surface area (Å²) >= 11 is 0. The summed E-state index contributed by atoms with van der Waals surface area (Å²) in [6.07, 6.45) is 3.87. The molecule has 1 N–H and O–H groups in total. The standard InChI is InChI=1S/C15H27N3O2.2ClH/c19-15(10-16-9-13-1-2-13)18-6-4-17(5-7-18)11-14-3-8-20-12-14;;/h13-14,16H,1-12H2;2*1H. The zero-order valence-corrected chi connectivity index (χ0v) is 14.8. The van der Waals surface area contributed by atoms with E-state index < -0.39 is 0 Å². The summed E-state index contributed by atoms with van der Waals surface area (Å²) in [5.41, 5.74) is 0. The molecule has 1 aliphatic carbocycles. The van der Waals surface area contributed by atoms with E-state index in [2.05, 4.69) is 10.2 Å². The van der Waals surface area contributed by atoms with E-state index in [1.165, 1.54) is 19.3 Å². The van der Waals surface area contributed by atoms with Crippen LogP contribution in [0.25, 0.3) is 0 Å². The molecule has 3 rings (SSSR count). The molecule has 1 atom stereocenters. The molecule has 0 radical (unpaired) electrons. The van der Waals surface area contributed by atoms with Crippen molar-refractivity contribution in [1.82, 2.24) is 15.1 Å². The summed E-state index contributed by atoms with van der Waals surface area (Å²) in [6.45, 7) is 8.34. The molecule has 22 heavy (non-hydrogen) atoms. The number of carbonyl (C=O) groups excluding carboxylic acids is 1. The molecule has 0 bridgehead atoms. The van der Waals surface area contributed by atoms with Gasteiger partial charge < -0.3 is 15.0 Å². The smallest absolute Gasteiger partial charge is 0.236 e. The normalized spacial score (nSPS) is 25.5. The Balaban J connectivity index is 0.00000121. The summed E-state index contributed by atoms with van der Waals surface area (Å²) in [6, 6.07) is 0. The van der Waals surface area contributed by atoms with Crippen LogP contribution < -0.4 is 5.32 Å². The first-order valence-corrected chi connectivity index (χ1v) is 8.10. The van der Waals surface area contributed by atoms with Gasteiger partial charge in [0, 0.05) is 39.3 Å². The van der Waals surface area contributed by atoms with Crippen molar-refractivity contribution in [2.24, 2.45) is 11.8 Å². The monoisotopic (exact) mass is 353 g/mol. The average molecular weight is 354 g/mol. The quantitative estimate of drug-likeness (QED) is 0.773. The summed E-state index contributed by atoms with van der Waals surface area (Å²) in [4.78, 5) is 16.6. The Bertz CT molecular complexity index is 329. The van der Waals surface area contributed by atoms with E-state index in [4.69, 9.17) is 4.74 Å². The van der Waals surface area contributed by atoms with Crippen molar-refractivity contribution in [1.29, 1.82) is 0 Å². The van der Waals surface area contributed by atoms with Crippen LogP contribution >= 0.6 is 24.8 Å². The highest BCUT2D eigenvalue weighted by Gasteiger charge is 2.25. The molecule has 5 nitrogen and oxygen atoms in total. The minimum absolute atomic E-state index is 0. The van der Waals surface area contributed by atoms with Crippen LogP contribution in [0.5, 0.6) is 0 Å². The van der Waals surface area contributed by atoms with E-state index >= 15 is 0 Å².